The van der Waals surface area contributed by atoms with E-state index < -0.39 is 5.97 Å². The average molecular weight is 388 g/mol. The van der Waals surface area contributed by atoms with Crippen LogP contribution in [-0.2, 0) is 16.0 Å². The number of carbonyl (C=O) groups is 2. The summed E-state index contributed by atoms with van der Waals surface area (Å²) < 4.78 is 10.9. The molecule has 1 saturated carbocycles. The van der Waals surface area contributed by atoms with Crippen molar-refractivity contribution in [2.24, 2.45) is 0 Å². The molecule has 0 unspecified atom stereocenters. The first-order valence-electron chi connectivity index (χ1n) is 9.32. The monoisotopic (exact) mass is 388 g/mol. The Morgan fingerprint density at radius 2 is 2.11 bits per heavy atom. The Hall–Kier alpha value is -2.41. The molecule has 0 spiro atoms. The van der Waals surface area contributed by atoms with Gasteiger partial charge in [0.05, 0.1) is 12.7 Å². The van der Waals surface area contributed by atoms with Gasteiger partial charge in [-0.1, -0.05) is 12.1 Å². The van der Waals surface area contributed by atoms with Crippen LogP contribution in [0.3, 0.4) is 0 Å². The highest BCUT2D eigenvalue weighted by Crippen LogP contribution is 2.25. The summed E-state index contributed by atoms with van der Waals surface area (Å²) in [5, 5.41) is 4.72. The van der Waals surface area contributed by atoms with Gasteiger partial charge in [0.25, 0.3) is 0 Å². The highest BCUT2D eigenvalue weighted by molar-refractivity contribution is 7.14. The number of thiazole rings is 1. The molecule has 27 heavy (non-hydrogen) atoms. The fourth-order valence-electron chi connectivity index (χ4n) is 3.04. The van der Waals surface area contributed by atoms with Gasteiger partial charge < -0.3 is 14.8 Å². The van der Waals surface area contributed by atoms with Crippen molar-refractivity contribution < 1.29 is 19.1 Å². The van der Waals surface area contributed by atoms with E-state index in [0.29, 0.717) is 30.7 Å². The Morgan fingerprint density at radius 1 is 1.30 bits per heavy atom. The second-order valence-electron chi connectivity index (χ2n) is 6.48. The maximum absolute atomic E-state index is 12.2. The van der Waals surface area contributed by atoms with E-state index in [1.54, 1.807) is 12.3 Å². The van der Waals surface area contributed by atoms with E-state index in [1.807, 2.05) is 24.3 Å². The number of nitrogens with one attached hydrogen (secondary N) is 1. The first kappa shape index (κ1) is 19.4. The molecule has 1 aliphatic carbocycles. The second kappa shape index (κ2) is 9.50. The number of nitrogens with zero attached hydrogens (tertiary/aromatic N) is 1. The molecule has 6 nitrogen and oxygen atoms in total. The van der Waals surface area contributed by atoms with E-state index in [0.717, 1.165) is 24.2 Å². The number of benzene rings is 1. The maximum atomic E-state index is 12.2. The molecule has 0 saturated heterocycles. The van der Waals surface area contributed by atoms with Crippen LogP contribution in [0, 0.1) is 0 Å². The zero-order valence-corrected chi connectivity index (χ0v) is 16.2. The van der Waals surface area contributed by atoms with E-state index in [-0.39, 0.29) is 11.6 Å². The van der Waals surface area contributed by atoms with Gasteiger partial charge >= 0.3 is 5.97 Å². The summed E-state index contributed by atoms with van der Waals surface area (Å²) in [7, 11) is 0. The quantitative estimate of drug-likeness (QED) is 0.686. The van der Waals surface area contributed by atoms with Crippen LogP contribution >= 0.6 is 11.3 Å². The average Bonchev–Trinajstić information content (AvgIpc) is 3.33. The minimum Gasteiger partial charge on any atom is -0.490 e. The predicted octanol–water partition coefficient (Wildman–Crippen LogP) is 4.21. The zero-order valence-electron chi connectivity index (χ0n) is 15.4. The van der Waals surface area contributed by atoms with Gasteiger partial charge in [-0.15, -0.1) is 11.3 Å². The topological polar surface area (TPSA) is 77.5 Å². The third-order valence-electron chi connectivity index (χ3n) is 4.38. The molecule has 1 heterocycles. The smallest absolute Gasteiger partial charge is 0.357 e. The Balaban J connectivity index is 1.48. The van der Waals surface area contributed by atoms with Crippen LogP contribution in [-0.4, -0.2) is 29.6 Å². The molecule has 0 aliphatic heterocycles. The third kappa shape index (κ3) is 5.79. The van der Waals surface area contributed by atoms with E-state index in [1.165, 1.54) is 24.2 Å². The Labute approximate surface area is 162 Å². The van der Waals surface area contributed by atoms with E-state index in [4.69, 9.17) is 9.47 Å². The summed E-state index contributed by atoms with van der Waals surface area (Å²) in [5.74, 6) is 0.258. The zero-order chi connectivity index (χ0) is 19.1. The van der Waals surface area contributed by atoms with Crippen molar-refractivity contribution >= 4 is 28.3 Å². The summed E-state index contributed by atoms with van der Waals surface area (Å²) in [4.78, 5) is 27.9. The van der Waals surface area contributed by atoms with Crippen LogP contribution in [0.25, 0.3) is 0 Å². The predicted molar refractivity (Wildman–Crippen MR) is 104 cm³/mol. The number of rotatable bonds is 8. The lowest BCUT2D eigenvalue weighted by molar-refractivity contribution is -0.116. The van der Waals surface area contributed by atoms with Crippen molar-refractivity contribution in [3.05, 3.63) is 40.9 Å². The van der Waals surface area contributed by atoms with Crippen molar-refractivity contribution in [1.82, 2.24) is 4.98 Å². The number of carbonyl (C=O) groups excluding carboxylic acids is 2. The number of hydrogen-bond donors (Lipinski definition) is 1. The van der Waals surface area contributed by atoms with Crippen LogP contribution < -0.4 is 10.1 Å². The Kier molecular flexibility index (Phi) is 6.81. The van der Waals surface area contributed by atoms with Gasteiger partial charge in [0.2, 0.25) is 5.91 Å². The van der Waals surface area contributed by atoms with Crippen LogP contribution in [0.2, 0.25) is 0 Å². The molecule has 1 aromatic carbocycles. The van der Waals surface area contributed by atoms with Gasteiger partial charge in [-0.25, -0.2) is 9.78 Å². The lowest BCUT2D eigenvalue weighted by Crippen LogP contribution is -2.13. The van der Waals surface area contributed by atoms with Crippen LogP contribution in [0.5, 0.6) is 5.75 Å². The molecule has 1 fully saturated rings. The summed E-state index contributed by atoms with van der Waals surface area (Å²) in [6.07, 6.45) is 5.98. The number of aromatic nitrogens is 1. The van der Waals surface area contributed by atoms with Gasteiger partial charge in [-0.05, 0) is 56.7 Å². The summed E-state index contributed by atoms with van der Waals surface area (Å²) in [5.41, 5.74) is 1.28. The van der Waals surface area contributed by atoms with Gasteiger partial charge in [0.15, 0.2) is 10.8 Å². The molecular weight excluding hydrogens is 364 g/mol. The fourth-order valence-corrected chi connectivity index (χ4v) is 3.74. The van der Waals surface area contributed by atoms with Gasteiger partial charge in [0, 0.05) is 11.8 Å². The molecule has 1 aromatic heterocycles. The number of anilines is 1. The summed E-state index contributed by atoms with van der Waals surface area (Å²) >= 11 is 1.21. The summed E-state index contributed by atoms with van der Waals surface area (Å²) in [6, 6.07) is 7.93. The van der Waals surface area contributed by atoms with E-state index in [2.05, 4.69) is 10.3 Å². The molecule has 3 rings (SSSR count). The lowest BCUT2D eigenvalue weighted by Gasteiger charge is -2.13. The minimum absolute atomic E-state index is 0.137. The van der Waals surface area contributed by atoms with Crippen molar-refractivity contribution in [3.8, 4) is 5.75 Å². The van der Waals surface area contributed by atoms with Crippen LogP contribution in [0.15, 0.2) is 29.6 Å². The number of ether oxygens (including phenoxy) is 2. The Morgan fingerprint density at radius 3 is 2.89 bits per heavy atom. The first-order chi connectivity index (χ1) is 13.1. The lowest BCUT2D eigenvalue weighted by atomic mass is 10.1. The fraction of sp³-hybridized carbons (Fsp3) is 0.450. The van der Waals surface area contributed by atoms with E-state index >= 15 is 0 Å². The van der Waals surface area contributed by atoms with Crippen molar-refractivity contribution in [1.29, 1.82) is 0 Å². The molecule has 0 radical (unpaired) electrons. The van der Waals surface area contributed by atoms with Crippen molar-refractivity contribution in [2.75, 3.05) is 11.9 Å². The molecule has 1 amide bonds. The first-order valence-corrected chi connectivity index (χ1v) is 10.2. The maximum Gasteiger partial charge on any atom is 0.357 e. The van der Waals surface area contributed by atoms with Crippen molar-refractivity contribution in [2.45, 2.75) is 51.6 Å². The van der Waals surface area contributed by atoms with Crippen LogP contribution in [0.4, 0.5) is 5.13 Å². The molecular formula is C20H24N2O4S. The molecule has 2 aromatic rings. The van der Waals surface area contributed by atoms with Crippen LogP contribution in [0.1, 0.15) is 55.1 Å². The third-order valence-corrected chi connectivity index (χ3v) is 5.14. The molecule has 0 bridgehead atoms. The normalized spacial score (nSPS) is 14.1. The number of hydrogen-bond acceptors (Lipinski definition) is 6. The van der Waals surface area contributed by atoms with E-state index in [9.17, 15) is 9.59 Å². The number of amides is 1. The largest absolute Gasteiger partial charge is 0.490 e. The van der Waals surface area contributed by atoms with Gasteiger partial charge in [0.1, 0.15) is 5.75 Å². The highest BCUT2D eigenvalue weighted by Gasteiger charge is 2.17. The second-order valence-corrected chi connectivity index (χ2v) is 7.34. The summed E-state index contributed by atoms with van der Waals surface area (Å²) in [6.45, 7) is 2.03. The van der Waals surface area contributed by atoms with Gasteiger partial charge in [-0.3, -0.25) is 4.79 Å². The van der Waals surface area contributed by atoms with Gasteiger partial charge in [-0.2, -0.15) is 0 Å². The molecule has 1 N–H and O–H groups in total. The Bertz CT molecular complexity index is 784. The molecule has 1 aliphatic rings. The minimum atomic E-state index is -0.478. The molecule has 0 atom stereocenters. The highest BCUT2D eigenvalue weighted by atomic mass is 32.1. The molecule has 144 valence electrons. The molecule has 7 heteroatoms. The number of aryl methyl sites for hydroxylation is 1. The van der Waals surface area contributed by atoms with Crippen molar-refractivity contribution in [3.63, 3.8) is 0 Å². The standard InChI is InChI=1S/C20H24N2O4S/c1-2-25-19(24)17-13-27-20(21-17)22-18(23)11-10-14-6-5-9-16(12-14)26-15-7-3-4-8-15/h5-6,9,12-13,15H,2-4,7-8,10-11H2,1H3,(H,21,22,23). The number of esters is 1. The SMILES string of the molecule is CCOC(=O)c1csc(NC(=O)CCc2cccc(OC3CCCC3)c2)n1.